The molecule has 3 N–H and O–H groups in total. The molecular weight excluding hydrogens is 402 g/mol. The first kappa shape index (κ1) is 22.8. The Hall–Kier alpha value is -3.84. The predicted octanol–water partition coefficient (Wildman–Crippen LogP) is 4.78. The minimum Gasteiger partial charge on any atom is -0.489 e. The second-order valence-corrected chi connectivity index (χ2v) is 7.24. The molecule has 0 saturated heterocycles. The highest BCUT2D eigenvalue weighted by Crippen LogP contribution is 2.25. The van der Waals surface area contributed by atoms with Gasteiger partial charge in [0.2, 0.25) is 6.35 Å². The van der Waals surface area contributed by atoms with Gasteiger partial charge >= 0.3 is 0 Å². The molecule has 0 fully saturated rings. The Balaban J connectivity index is 1.80. The van der Waals surface area contributed by atoms with Crippen molar-refractivity contribution in [2.75, 3.05) is 28.7 Å². The molecule has 32 heavy (non-hydrogen) atoms. The smallest absolute Gasteiger partial charge is 0.206 e. The lowest BCUT2D eigenvalue weighted by molar-refractivity contribution is 0.199. The molecule has 0 aliphatic rings. The van der Waals surface area contributed by atoms with Crippen LogP contribution in [-0.4, -0.2) is 34.6 Å². The molecule has 0 radical (unpaired) electrons. The summed E-state index contributed by atoms with van der Waals surface area (Å²) in [6.45, 7) is 12.3. The summed E-state index contributed by atoms with van der Waals surface area (Å²) in [6, 6.07) is 15.3. The summed E-state index contributed by atoms with van der Waals surface area (Å²) in [5.41, 5.74) is 3.80. The van der Waals surface area contributed by atoms with Crippen LogP contribution in [0.4, 0.5) is 23.0 Å². The number of anilines is 4. The van der Waals surface area contributed by atoms with E-state index in [0.29, 0.717) is 24.8 Å². The van der Waals surface area contributed by atoms with E-state index in [1.807, 2.05) is 56.3 Å². The third-order valence-electron chi connectivity index (χ3n) is 4.80. The number of hydrogen-bond acceptors (Lipinski definition) is 7. The SMILES string of the molecule is C=CCOc1cccc(Nc2cc(N(CC=C)C(O)Nc3c(C)cccc3C)ncn2)c1. The van der Waals surface area contributed by atoms with Crippen LogP contribution in [0.2, 0.25) is 0 Å². The molecule has 0 saturated carbocycles. The minimum atomic E-state index is -1.01. The van der Waals surface area contributed by atoms with E-state index in [1.165, 1.54) is 6.33 Å². The zero-order chi connectivity index (χ0) is 22.9. The van der Waals surface area contributed by atoms with Crippen molar-refractivity contribution in [1.82, 2.24) is 9.97 Å². The van der Waals surface area contributed by atoms with Gasteiger partial charge in [0, 0.05) is 30.1 Å². The first-order valence-corrected chi connectivity index (χ1v) is 10.3. The van der Waals surface area contributed by atoms with Crippen LogP contribution in [0.3, 0.4) is 0 Å². The van der Waals surface area contributed by atoms with Crippen molar-refractivity contribution < 1.29 is 9.84 Å². The molecule has 0 aliphatic carbocycles. The van der Waals surface area contributed by atoms with Crippen molar-refractivity contribution in [3.8, 4) is 5.75 Å². The summed E-state index contributed by atoms with van der Waals surface area (Å²) in [6.07, 6.45) is 3.86. The van der Waals surface area contributed by atoms with E-state index in [2.05, 4.69) is 33.8 Å². The molecule has 3 rings (SSSR count). The van der Waals surface area contributed by atoms with Crippen LogP contribution in [0.25, 0.3) is 0 Å². The van der Waals surface area contributed by atoms with Gasteiger partial charge in [-0.2, -0.15) is 0 Å². The fourth-order valence-electron chi connectivity index (χ4n) is 3.25. The molecule has 7 heteroatoms. The number of aliphatic hydroxyl groups excluding tert-OH is 1. The van der Waals surface area contributed by atoms with E-state index < -0.39 is 6.35 Å². The third-order valence-corrected chi connectivity index (χ3v) is 4.80. The molecule has 1 heterocycles. The molecule has 166 valence electrons. The van der Waals surface area contributed by atoms with E-state index in [9.17, 15) is 5.11 Å². The number of rotatable bonds is 11. The van der Waals surface area contributed by atoms with Crippen molar-refractivity contribution >= 4 is 23.0 Å². The van der Waals surface area contributed by atoms with E-state index in [1.54, 1.807) is 23.1 Å². The molecule has 0 aliphatic heterocycles. The van der Waals surface area contributed by atoms with Crippen LogP contribution in [0.15, 0.2) is 80.2 Å². The molecule has 0 bridgehead atoms. The number of nitrogens with one attached hydrogen (secondary N) is 2. The highest BCUT2D eigenvalue weighted by molar-refractivity contribution is 5.62. The Morgan fingerprint density at radius 3 is 2.53 bits per heavy atom. The van der Waals surface area contributed by atoms with Gasteiger partial charge in [0.25, 0.3) is 0 Å². The van der Waals surface area contributed by atoms with Crippen molar-refractivity contribution in [1.29, 1.82) is 0 Å². The highest BCUT2D eigenvalue weighted by atomic mass is 16.5. The molecule has 1 aromatic heterocycles. The summed E-state index contributed by atoms with van der Waals surface area (Å²) in [7, 11) is 0. The topological polar surface area (TPSA) is 82.5 Å². The first-order valence-electron chi connectivity index (χ1n) is 10.3. The highest BCUT2D eigenvalue weighted by Gasteiger charge is 2.18. The molecule has 1 atom stereocenters. The minimum absolute atomic E-state index is 0.389. The maximum atomic E-state index is 11.0. The van der Waals surface area contributed by atoms with Gasteiger partial charge in [0.15, 0.2) is 0 Å². The maximum absolute atomic E-state index is 11.0. The second kappa shape index (κ2) is 11.0. The summed E-state index contributed by atoms with van der Waals surface area (Å²) in [5.74, 6) is 1.86. The number of aromatic nitrogens is 2. The average molecular weight is 432 g/mol. The van der Waals surface area contributed by atoms with E-state index in [-0.39, 0.29) is 0 Å². The Morgan fingerprint density at radius 2 is 1.81 bits per heavy atom. The average Bonchev–Trinajstić information content (AvgIpc) is 2.79. The number of nitrogens with zero attached hydrogens (tertiary/aromatic N) is 3. The summed E-state index contributed by atoms with van der Waals surface area (Å²) < 4.78 is 5.58. The van der Waals surface area contributed by atoms with Crippen molar-refractivity contribution in [2.24, 2.45) is 0 Å². The van der Waals surface area contributed by atoms with E-state index in [4.69, 9.17) is 4.74 Å². The summed E-state index contributed by atoms with van der Waals surface area (Å²) >= 11 is 0. The largest absolute Gasteiger partial charge is 0.489 e. The van der Waals surface area contributed by atoms with Crippen LogP contribution in [0.1, 0.15) is 11.1 Å². The lowest BCUT2D eigenvalue weighted by atomic mass is 10.1. The van der Waals surface area contributed by atoms with Gasteiger partial charge < -0.3 is 25.4 Å². The van der Waals surface area contributed by atoms with Gasteiger partial charge in [0.05, 0.1) is 0 Å². The van der Waals surface area contributed by atoms with Gasteiger partial charge in [-0.1, -0.05) is 43.0 Å². The summed E-state index contributed by atoms with van der Waals surface area (Å²) in [4.78, 5) is 10.4. The first-order chi connectivity index (χ1) is 15.5. The Morgan fingerprint density at radius 1 is 1.06 bits per heavy atom. The fourth-order valence-corrected chi connectivity index (χ4v) is 3.25. The van der Waals surface area contributed by atoms with Gasteiger partial charge in [-0.3, -0.25) is 0 Å². The normalized spacial score (nSPS) is 11.3. The molecule has 0 spiro atoms. The van der Waals surface area contributed by atoms with Crippen LogP contribution >= 0.6 is 0 Å². The Labute approximate surface area is 189 Å². The Kier molecular flexibility index (Phi) is 7.83. The number of para-hydroxylation sites is 1. The van der Waals surface area contributed by atoms with Gasteiger partial charge in [-0.25, -0.2) is 9.97 Å². The fraction of sp³-hybridized carbons (Fsp3) is 0.200. The maximum Gasteiger partial charge on any atom is 0.206 e. The monoisotopic (exact) mass is 431 g/mol. The zero-order valence-corrected chi connectivity index (χ0v) is 18.5. The lowest BCUT2D eigenvalue weighted by Crippen LogP contribution is -2.42. The van der Waals surface area contributed by atoms with Crippen LogP contribution < -0.4 is 20.3 Å². The molecule has 7 nitrogen and oxygen atoms in total. The lowest BCUT2D eigenvalue weighted by Gasteiger charge is -2.30. The number of aliphatic hydroxyl groups is 1. The van der Waals surface area contributed by atoms with E-state index in [0.717, 1.165) is 28.3 Å². The third kappa shape index (κ3) is 5.86. The molecule has 2 aromatic carbocycles. The standard InChI is InChI=1S/C25H29N5O2/c1-5-13-30(25(31)29-24-18(3)9-7-10-19(24)4)23-16-22(26-17-27-23)28-20-11-8-12-21(15-20)32-14-6-2/h5-12,15-17,25,29,31H,1-2,13-14H2,3-4H3,(H,26,27,28). The number of aryl methyl sites for hydroxylation is 2. The zero-order valence-electron chi connectivity index (χ0n) is 18.5. The van der Waals surface area contributed by atoms with Crippen molar-refractivity contribution in [2.45, 2.75) is 20.2 Å². The summed E-state index contributed by atoms with van der Waals surface area (Å²) in [5, 5.41) is 17.4. The number of benzene rings is 2. The molecule has 0 amide bonds. The quantitative estimate of drug-likeness (QED) is 0.298. The number of hydrogen-bond donors (Lipinski definition) is 3. The van der Waals surface area contributed by atoms with Gasteiger partial charge in [0.1, 0.15) is 30.3 Å². The number of ether oxygens (including phenoxy) is 1. The molecule has 3 aromatic rings. The Bertz CT molecular complexity index is 1050. The van der Waals surface area contributed by atoms with Crippen LogP contribution in [0.5, 0.6) is 5.75 Å². The second-order valence-electron chi connectivity index (χ2n) is 7.24. The molecule has 1 unspecified atom stereocenters. The van der Waals surface area contributed by atoms with Crippen molar-refractivity contribution in [3.05, 3.63) is 91.3 Å². The van der Waals surface area contributed by atoms with Gasteiger partial charge in [-0.15, -0.1) is 6.58 Å². The van der Waals surface area contributed by atoms with E-state index >= 15 is 0 Å². The predicted molar refractivity (Wildman–Crippen MR) is 131 cm³/mol. The molecular formula is C25H29N5O2. The van der Waals surface area contributed by atoms with Crippen LogP contribution in [0, 0.1) is 13.8 Å². The van der Waals surface area contributed by atoms with Gasteiger partial charge in [-0.05, 0) is 37.1 Å². The van der Waals surface area contributed by atoms with Crippen molar-refractivity contribution in [3.63, 3.8) is 0 Å². The van der Waals surface area contributed by atoms with Crippen LogP contribution in [-0.2, 0) is 0 Å².